The van der Waals surface area contributed by atoms with Gasteiger partial charge in [-0.1, -0.05) is 41.9 Å². The predicted octanol–water partition coefficient (Wildman–Crippen LogP) is 2.29. The van der Waals surface area contributed by atoms with Crippen LogP contribution in [0.1, 0.15) is 0 Å². The van der Waals surface area contributed by atoms with Crippen LogP contribution in [-0.2, 0) is 0 Å². The Morgan fingerprint density at radius 2 is 1.81 bits per heavy atom. The fraction of sp³-hybridized carbons (Fsp3) is 0. The predicted molar refractivity (Wildman–Crippen MR) is 78.4 cm³/mol. The molecule has 106 valence electrons. The maximum atomic E-state index is 14.2. The van der Waals surface area contributed by atoms with Gasteiger partial charge in [-0.25, -0.2) is 4.39 Å². The van der Waals surface area contributed by atoms with Crippen LogP contribution in [0.3, 0.4) is 0 Å². The van der Waals surface area contributed by atoms with Crippen LogP contribution in [0.25, 0.3) is 17.1 Å². The number of nitrogen functional groups attached to an aromatic ring is 2. The number of hydrogen-bond donors (Lipinski definition) is 2. The Bertz CT molecular complexity index is 802. The molecule has 8 heteroatoms. The van der Waals surface area contributed by atoms with Crippen molar-refractivity contribution in [1.29, 1.82) is 0 Å². The molecule has 1 heterocycles. The molecule has 0 saturated heterocycles. The standard InChI is InChI=1S/C13H10ClFN6/c14-10-8(16)6-9(17)12(11(10)15)21-19-13(18-20-21)7-4-2-1-3-5-7/h1-6H,16-17H2. The van der Waals surface area contributed by atoms with Gasteiger partial charge in [0, 0.05) is 5.56 Å². The molecule has 3 aromatic rings. The van der Waals surface area contributed by atoms with Crippen molar-refractivity contribution in [2.24, 2.45) is 0 Å². The van der Waals surface area contributed by atoms with Gasteiger partial charge in [-0.15, -0.1) is 15.0 Å². The van der Waals surface area contributed by atoms with E-state index in [-0.39, 0.29) is 22.1 Å². The van der Waals surface area contributed by atoms with E-state index in [4.69, 9.17) is 23.1 Å². The molecule has 1 aromatic heterocycles. The molecule has 0 radical (unpaired) electrons. The highest BCUT2D eigenvalue weighted by Crippen LogP contribution is 2.31. The summed E-state index contributed by atoms with van der Waals surface area (Å²) in [7, 11) is 0. The van der Waals surface area contributed by atoms with Gasteiger partial charge in [0.2, 0.25) is 5.82 Å². The zero-order chi connectivity index (χ0) is 15.0. The summed E-state index contributed by atoms with van der Waals surface area (Å²) in [6.45, 7) is 0. The Morgan fingerprint density at radius 1 is 1.10 bits per heavy atom. The number of tetrazole rings is 1. The lowest BCUT2D eigenvalue weighted by Gasteiger charge is -2.08. The molecular formula is C13H10ClFN6. The zero-order valence-electron chi connectivity index (χ0n) is 10.7. The van der Waals surface area contributed by atoms with E-state index >= 15 is 0 Å². The van der Waals surface area contributed by atoms with Crippen molar-refractivity contribution in [3.63, 3.8) is 0 Å². The fourth-order valence-electron chi connectivity index (χ4n) is 1.87. The number of nitrogens with zero attached hydrogens (tertiary/aromatic N) is 4. The lowest BCUT2D eigenvalue weighted by Crippen LogP contribution is -2.08. The summed E-state index contributed by atoms with van der Waals surface area (Å²) in [6, 6.07) is 10.5. The minimum Gasteiger partial charge on any atom is -0.397 e. The van der Waals surface area contributed by atoms with Crippen molar-refractivity contribution >= 4 is 23.0 Å². The molecule has 0 aliphatic rings. The van der Waals surface area contributed by atoms with Gasteiger partial charge in [-0.2, -0.15) is 0 Å². The number of anilines is 2. The van der Waals surface area contributed by atoms with Crippen LogP contribution >= 0.6 is 11.6 Å². The number of nitrogens with two attached hydrogens (primary N) is 2. The zero-order valence-corrected chi connectivity index (χ0v) is 11.4. The number of halogens is 2. The van der Waals surface area contributed by atoms with Crippen molar-refractivity contribution in [3.8, 4) is 17.1 Å². The molecule has 3 rings (SSSR count). The molecule has 0 bridgehead atoms. The van der Waals surface area contributed by atoms with Crippen molar-refractivity contribution in [3.05, 3.63) is 47.2 Å². The highest BCUT2D eigenvalue weighted by molar-refractivity contribution is 6.33. The first kappa shape index (κ1) is 13.3. The first-order chi connectivity index (χ1) is 10.1. The summed E-state index contributed by atoms with van der Waals surface area (Å²) >= 11 is 5.78. The van der Waals surface area contributed by atoms with Gasteiger partial charge in [0.05, 0.1) is 11.4 Å². The van der Waals surface area contributed by atoms with Crippen LogP contribution in [0, 0.1) is 5.82 Å². The van der Waals surface area contributed by atoms with E-state index in [9.17, 15) is 4.39 Å². The SMILES string of the molecule is Nc1cc(N)c(-n2nnc(-c3ccccc3)n2)c(F)c1Cl. The average Bonchev–Trinajstić information content (AvgIpc) is 2.95. The van der Waals surface area contributed by atoms with Crippen molar-refractivity contribution in [2.75, 3.05) is 11.5 Å². The topological polar surface area (TPSA) is 95.6 Å². The summed E-state index contributed by atoms with van der Waals surface area (Å²) < 4.78 is 14.2. The summed E-state index contributed by atoms with van der Waals surface area (Å²) in [4.78, 5) is 0.998. The lowest BCUT2D eigenvalue weighted by molar-refractivity contribution is 0.594. The van der Waals surface area contributed by atoms with E-state index in [1.165, 1.54) is 6.07 Å². The molecule has 21 heavy (non-hydrogen) atoms. The third kappa shape index (κ3) is 2.27. The Hall–Kier alpha value is -2.67. The molecule has 0 spiro atoms. The summed E-state index contributed by atoms with van der Waals surface area (Å²) in [6.07, 6.45) is 0. The molecule has 0 unspecified atom stereocenters. The molecule has 2 aromatic carbocycles. The van der Waals surface area contributed by atoms with Crippen molar-refractivity contribution in [2.45, 2.75) is 0 Å². The number of hydrogen-bond acceptors (Lipinski definition) is 5. The molecule has 0 aliphatic carbocycles. The van der Waals surface area contributed by atoms with Gasteiger partial charge in [-0.3, -0.25) is 0 Å². The third-order valence-electron chi connectivity index (χ3n) is 2.88. The highest BCUT2D eigenvalue weighted by atomic mass is 35.5. The summed E-state index contributed by atoms with van der Waals surface area (Å²) in [5.41, 5.74) is 12.1. The van der Waals surface area contributed by atoms with Crippen LogP contribution in [0.15, 0.2) is 36.4 Å². The van der Waals surface area contributed by atoms with Crippen LogP contribution < -0.4 is 11.5 Å². The molecule has 4 N–H and O–H groups in total. The Balaban J connectivity index is 2.11. The second kappa shape index (κ2) is 5.02. The van der Waals surface area contributed by atoms with E-state index in [1.807, 2.05) is 30.3 Å². The first-order valence-electron chi connectivity index (χ1n) is 5.96. The monoisotopic (exact) mass is 304 g/mol. The molecule has 6 nitrogen and oxygen atoms in total. The molecular weight excluding hydrogens is 295 g/mol. The van der Waals surface area contributed by atoms with Crippen molar-refractivity contribution in [1.82, 2.24) is 20.2 Å². The lowest BCUT2D eigenvalue weighted by atomic mass is 10.2. The van der Waals surface area contributed by atoms with Crippen LogP contribution in [0.4, 0.5) is 15.8 Å². The maximum Gasteiger partial charge on any atom is 0.205 e. The quantitative estimate of drug-likeness (QED) is 0.708. The van der Waals surface area contributed by atoms with E-state index in [1.54, 1.807) is 0 Å². The Morgan fingerprint density at radius 3 is 2.52 bits per heavy atom. The second-order valence-corrected chi connectivity index (χ2v) is 4.68. The minimum absolute atomic E-state index is 0.0545. The second-order valence-electron chi connectivity index (χ2n) is 4.30. The molecule has 0 amide bonds. The van der Waals surface area contributed by atoms with E-state index in [0.717, 1.165) is 10.4 Å². The highest BCUT2D eigenvalue weighted by Gasteiger charge is 2.18. The maximum absolute atomic E-state index is 14.2. The van der Waals surface area contributed by atoms with E-state index < -0.39 is 5.82 Å². The van der Waals surface area contributed by atoms with Gasteiger partial charge in [0.25, 0.3) is 0 Å². The van der Waals surface area contributed by atoms with Gasteiger partial charge >= 0.3 is 0 Å². The normalized spacial score (nSPS) is 10.8. The van der Waals surface area contributed by atoms with Crippen molar-refractivity contribution < 1.29 is 4.39 Å². The summed E-state index contributed by atoms with van der Waals surface area (Å²) in [5.74, 6) is -0.437. The van der Waals surface area contributed by atoms with Crippen LogP contribution in [0.5, 0.6) is 0 Å². The number of benzene rings is 2. The number of aromatic nitrogens is 4. The Labute approximate surface area is 124 Å². The molecule has 0 atom stereocenters. The average molecular weight is 305 g/mol. The molecule has 0 aliphatic heterocycles. The smallest absolute Gasteiger partial charge is 0.205 e. The largest absolute Gasteiger partial charge is 0.397 e. The number of rotatable bonds is 2. The first-order valence-corrected chi connectivity index (χ1v) is 6.34. The summed E-state index contributed by atoms with van der Waals surface area (Å²) in [5, 5.41) is 11.6. The van der Waals surface area contributed by atoms with Gasteiger partial charge < -0.3 is 11.5 Å². The van der Waals surface area contributed by atoms with Crippen LogP contribution in [0.2, 0.25) is 5.02 Å². The Kier molecular flexibility index (Phi) is 3.19. The molecule has 0 saturated carbocycles. The molecule has 0 fully saturated rings. The van der Waals surface area contributed by atoms with Gasteiger partial charge in [0.15, 0.2) is 5.82 Å². The van der Waals surface area contributed by atoms with Gasteiger partial charge in [0.1, 0.15) is 10.7 Å². The minimum atomic E-state index is -0.786. The van der Waals surface area contributed by atoms with Crippen LogP contribution in [-0.4, -0.2) is 20.2 Å². The van der Waals surface area contributed by atoms with E-state index in [0.29, 0.717) is 5.82 Å². The van der Waals surface area contributed by atoms with Gasteiger partial charge in [-0.05, 0) is 11.3 Å². The third-order valence-corrected chi connectivity index (χ3v) is 3.27. The van der Waals surface area contributed by atoms with E-state index in [2.05, 4.69) is 15.4 Å². The fourth-order valence-corrected chi connectivity index (χ4v) is 2.02.